The molecule has 0 aliphatic carbocycles. The van der Waals surface area contributed by atoms with Gasteiger partial charge in [-0.3, -0.25) is 4.79 Å². The number of hydrogen-bond acceptors (Lipinski definition) is 2. The highest BCUT2D eigenvalue weighted by Gasteiger charge is 2.14. The fraction of sp³-hybridized carbons (Fsp3) is 0.385. The summed E-state index contributed by atoms with van der Waals surface area (Å²) in [7, 11) is 0. The van der Waals surface area contributed by atoms with Crippen LogP contribution in [0.3, 0.4) is 0 Å². The molecule has 0 aliphatic heterocycles. The zero-order chi connectivity index (χ0) is 16.0. The number of carboxylic acids is 1. The third kappa shape index (κ3) is 6.36. The predicted octanol–water partition coefficient (Wildman–Crippen LogP) is 4.60. The number of halogens is 3. The molecule has 0 aromatic heterocycles. The van der Waals surface area contributed by atoms with Gasteiger partial charge in [0.05, 0.1) is 5.69 Å². The molecule has 1 unspecified atom stereocenters. The van der Waals surface area contributed by atoms with Crippen LogP contribution in [0.2, 0.25) is 0 Å². The second kappa shape index (κ2) is 8.75. The number of amides is 2. The third-order valence-electron chi connectivity index (χ3n) is 2.84. The first kappa shape index (κ1) is 18.4. The summed E-state index contributed by atoms with van der Waals surface area (Å²) >= 11 is 10.1. The number of carbonyl (C=O) groups is 2. The van der Waals surface area contributed by atoms with E-state index in [4.69, 9.17) is 5.11 Å². The molecule has 1 aromatic carbocycles. The zero-order valence-electron chi connectivity index (χ0n) is 11.3. The van der Waals surface area contributed by atoms with Gasteiger partial charge in [0.25, 0.3) is 0 Å². The van der Waals surface area contributed by atoms with E-state index in [0.717, 1.165) is 13.4 Å². The van der Waals surface area contributed by atoms with Gasteiger partial charge in [0, 0.05) is 26.4 Å². The highest BCUT2D eigenvalue weighted by atomic mass is 79.9. The van der Waals surface area contributed by atoms with Crippen LogP contribution < -0.4 is 10.6 Å². The van der Waals surface area contributed by atoms with Gasteiger partial charge >= 0.3 is 12.0 Å². The van der Waals surface area contributed by atoms with Gasteiger partial charge < -0.3 is 15.7 Å². The second-order valence-electron chi connectivity index (χ2n) is 4.45. The van der Waals surface area contributed by atoms with Crippen molar-refractivity contribution in [2.24, 2.45) is 5.92 Å². The maximum atomic E-state index is 11.9. The highest BCUT2D eigenvalue weighted by Crippen LogP contribution is 2.34. The molecule has 2 amide bonds. The first-order valence-corrected chi connectivity index (χ1v) is 8.62. The molecule has 116 valence electrons. The van der Waals surface area contributed by atoms with Gasteiger partial charge in [0.2, 0.25) is 0 Å². The van der Waals surface area contributed by atoms with Crippen LogP contribution in [0, 0.1) is 5.92 Å². The van der Waals surface area contributed by atoms with Gasteiger partial charge in [-0.05, 0) is 49.9 Å². The number of hydrogen-bond donors (Lipinski definition) is 3. The van der Waals surface area contributed by atoms with Crippen molar-refractivity contribution in [1.29, 1.82) is 0 Å². The van der Waals surface area contributed by atoms with Crippen molar-refractivity contribution in [2.45, 2.75) is 19.8 Å². The monoisotopic (exact) mass is 484 g/mol. The SMILES string of the molecule is CCC(CNC(=O)Nc1c(Br)cc(Br)cc1Br)CC(=O)O. The Morgan fingerprint density at radius 3 is 2.29 bits per heavy atom. The average Bonchev–Trinajstić information content (AvgIpc) is 2.38. The number of nitrogens with one attached hydrogen (secondary N) is 2. The summed E-state index contributed by atoms with van der Waals surface area (Å²) in [6.45, 7) is 2.22. The van der Waals surface area contributed by atoms with Crippen LogP contribution in [-0.4, -0.2) is 23.7 Å². The Kier molecular flexibility index (Phi) is 7.69. The van der Waals surface area contributed by atoms with E-state index in [0.29, 0.717) is 18.7 Å². The highest BCUT2D eigenvalue weighted by molar-refractivity contribution is 9.11. The Labute approximate surface area is 148 Å². The molecule has 0 fully saturated rings. The molecular weight excluding hydrogens is 472 g/mol. The first-order chi connectivity index (χ1) is 9.83. The Morgan fingerprint density at radius 1 is 1.24 bits per heavy atom. The Bertz CT molecular complexity index is 514. The fourth-order valence-electron chi connectivity index (χ4n) is 1.66. The van der Waals surface area contributed by atoms with Crippen LogP contribution in [0.1, 0.15) is 19.8 Å². The van der Waals surface area contributed by atoms with E-state index in [1.165, 1.54) is 0 Å². The number of aliphatic carboxylic acids is 1. The summed E-state index contributed by atoms with van der Waals surface area (Å²) in [5, 5.41) is 14.2. The quantitative estimate of drug-likeness (QED) is 0.550. The summed E-state index contributed by atoms with van der Waals surface area (Å²) in [5.41, 5.74) is 0.613. The predicted molar refractivity (Wildman–Crippen MR) is 92.6 cm³/mol. The lowest BCUT2D eigenvalue weighted by Gasteiger charge is -2.15. The van der Waals surface area contributed by atoms with E-state index in [2.05, 4.69) is 58.4 Å². The normalized spacial score (nSPS) is 11.8. The van der Waals surface area contributed by atoms with E-state index in [1.807, 2.05) is 19.1 Å². The molecule has 0 radical (unpaired) electrons. The summed E-state index contributed by atoms with van der Waals surface area (Å²) < 4.78 is 2.34. The molecule has 3 N–H and O–H groups in total. The van der Waals surface area contributed by atoms with E-state index < -0.39 is 5.97 Å². The minimum atomic E-state index is -0.859. The summed E-state index contributed by atoms with van der Waals surface area (Å²) in [6, 6.07) is 3.27. The number of carbonyl (C=O) groups excluding carboxylic acids is 1. The lowest BCUT2D eigenvalue weighted by molar-refractivity contribution is -0.138. The Balaban J connectivity index is 2.60. The number of carboxylic acid groups (broad SMARTS) is 1. The van der Waals surface area contributed by atoms with Crippen molar-refractivity contribution in [2.75, 3.05) is 11.9 Å². The molecule has 5 nitrogen and oxygen atoms in total. The summed E-state index contributed by atoms with van der Waals surface area (Å²) in [4.78, 5) is 22.6. The van der Waals surface area contributed by atoms with E-state index in [1.54, 1.807) is 0 Å². The van der Waals surface area contributed by atoms with Crippen LogP contribution in [0.15, 0.2) is 25.6 Å². The molecule has 0 saturated carbocycles. The molecule has 0 saturated heterocycles. The second-order valence-corrected chi connectivity index (χ2v) is 7.08. The molecular formula is C13H15Br3N2O3. The molecule has 21 heavy (non-hydrogen) atoms. The third-order valence-corrected chi connectivity index (χ3v) is 4.55. The number of urea groups is 1. The molecule has 0 aliphatic rings. The van der Waals surface area contributed by atoms with Crippen molar-refractivity contribution >= 4 is 65.5 Å². The van der Waals surface area contributed by atoms with Crippen molar-refractivity contribution in [3.05, 3.63) is 25.6 Å². The molecule has 1 atom stereocenters. The molecule has 1 aromatic rings. The Morgan fingerprint density at radius 2 is 1.81 bits per heavy atom. The zero-order valence-corrected chi connectivity index (χ0v) is 16.0. The molecule has 0 spiro atoms. The maximum absolute atomic E-state index is 11.9. The molecule has 8 heteroatoms. The van der Waals surface area contributed by atoms with Gasteiger partial charge in [0.15, 0.2) is 0 Å². The standard InChI is InChI=1S/C13H15Br3N2O3/c1-2-7(3-11(19)20)6-17-13(21)18-12-9(15)4-8(14)5-10(12)16/h4-5,7H,2-3,6H2,1H3,(H,19,20)(H2,17,18,21). The molecule has 0 bridgehead atoms. The van der Waals surface area contributed by atoms with Crippen LogP contribution in [0.25, 0.3) is 0 Å². The number of rotatable bonds is 6. The van der Waals surface area contributed by atoms with E-state index in [-0.39, 0.29) is 18.4 Å². The smallest absolute Gasteiger partial charge is 0.319 e. The number of benzene rings is 1. The van der Waals surface area contributed by atoms with Crippen LogP contribution in [0.4, 0.5) is 10.5 Å². The average molecular weight is 487 g/mol. The molecule has 0 heterocycles. The summed E-state index contributed by atoms with van der Waals surface area (Å²) in [5.74, 6) is -0.937. The largest absolute Gasteiger partial charge is 0.481 e. The van der Waals surface area contributed by atoms with Gasteiger partial charge in [-0.2, -0.15) is 0 Å². The van der Waals surface area contributed by atoms with E-state index in [9.17, 15) is 9.59 Å². The lowest BCUT2D eigenvalue weighted by Crippen LogP contribution is -2.33. The van der Waals surface area contributed by atoms with Crippen LogP contribution in [-0.2, 0) is 4.79 Å². The Hall–Kier alpha value is -0.600. The minimum absolute atomic E-state index is 0.0441. The van der Waals surface area contributed by atoms with E-state index >= 15 is 0 Å². The van der Waals surface area contributed by atoms with Gasteiger partial charge in [-0.1, -0.05) is 29.3 Å². The van der Waals surface area contributed by atoms with Crippen LogP contribution >= 0.6 is 47.8 Å². The van der Waals surface area contributed by atoms with Crippen LogP contribution in [0.5, 0.6) is 0 Å². The van der Waals surface area contributed by atoms with Crippen molar-refractivity contribution in [1.82, 2.24) is 5.32 Å². The molecule has 1 rings (SSSR count). The fourth-order valence-corrected chi connectivity index (χ4v) is 4.12. The topological polar surface area (TPSA) is 78.4 Å². The first-order valence-electron chi connectivity index (χ1n) is 6.24. The van der Waals surface area contributed by atoms with Crippen molar-refractivity contribution < 1.29 is 14.7 Å². The lowest BCUT2D eigenvalue weighted by atomic mass is 10.0. The maximum Gasteiger partial charge on any atom is 0.319 e. The van der Waals surface area contributed by atoms with Gasteiger partial charge in [-0.25, -0.2) is 4.79 Å². The van der Waals surface area contributed by atoms with Crippen molar-refractivity contribution in [3.8, 4) is 0 Å². The van der Waals surface area contributed by atoms with Gasteiger partial charge in [0.1, 0.15) is 0 Å². The van der Waals surface area contributed by atoms with Crippen molar-refractivity contribution in [3.63, 3.8) is 0 Å². The summed E-state index contributed by atoms with van der Waals surface area (Å²) in [6.07, 6.45) is 0.737. The van der Waals surface area contributed by atoms with Gasteiger partial charge in [-0.15, -0.1) is 0 Å². The minimum Gasteiger partial charge on any atom is -0.481 e. The number of anilines is 1.